The zero-order valence-corrected chi connectivity index (χ0v) is 19.2. The quantitative estimate of drug-likeness (QED) is 0.323. The Morgan fingerprint density at radius 1 is 0.758 bits per heavy atom. The summed E-state index contributed by atoms with van der Waals surface area (Å²) in [6.45, 7) is 2.09. The average Bonchev–Trinajstić information content (AvgIpc) is 3.22. The molecule has 0 unspecified atom stereocenters. The van der Waals surface area contributed by atoms with E-state index in [1.807, 2.05) is 30.3 Å². The topological polar surface area (TPSA) is 39.5 Å². The number of anilines is 1. The third-order valence-corrected chi connectivity index (χ3v) is 6.98. The lowest BCUT2D eigenvalue weighted by molar-refractivity contribution is 0.775. The van der Waals surface area contributed by atoms with Gasteiger partial charge in [0, 0.05) is 5.69 Å². The van der Waals surface area contributed by atoms with Crippen LogP contribution in [-0.4, -0.2) is 16.1 Å². The first-order valence-electron chi connectivity index (χ1n) is 11.1. The number of hydrogen-bond donors (Lipinski definition) is 1. The molecule has 1 N–H and O–H groups in total. The van der Waals surface area contributed by atoms with E-state index in [1.165, 1.54) is 11.1 Å². The Morgan fingerprint density at radius 3 is 1.97 bits per heavy atom. The van der Waals surface area contributed by atoms with Gasteiger partial charge in [-0.1, -0.05) is 108 Å². The highest BCUT2D eigenvalue weighted by Crippen LogP contribution is 2.45. The highest BCUT2D eigenvalue weighted by Gasteiger charge is 2.43. The summed E-state index contributed by atoms with van der Waals surface area (Å²) in [7, 11) is 0. The molecule has 0 saturated carbocycles. The van der Waals surface area contributed by atoms with Crippen LogP contribution in [0.5, 0.6) is 0 Å². The van der Waals surface area contributed by atoms with E-state index >= 15 is 0 Å². The molecule has 4 aromatic rings. The number of nitrogens with zero attached hydrogens (tertiary/aromatic N) is 2. The van der Waals surface area contributed by atoms with E-state index < -0.39 is 0 Å². The number of thioether (sulfide) groups is 1. The second-order valence-electron chi connectivity index (χ2n) is 8.10. The lowest BCUT2D eigenvalue weighted by Crippen LogP contribution is -2.33. The minimum atomic E-state index is -0.0458. The summed E-state index contributed by atoms with van der Waals surface area (Å²) in [5.41, 5.74) is 6.41. The monoisotopic (exact) mass is 447 g/mol. The molecule has 1 saturated heterocycles. The molecule has 162 valence electrons. The maximum atomic E-state index is 8.95. The molecule has 1 aliphatic rings. The van der Waals surface area contributed by atoms with Gasteiger partial charge in [0.25, 0.3) is 0 Å². The standard InChI is InChI=1S/C29H25N3S/c1-21-17-19-24(20-18-21)31-26(22-11-5-2-6-12-22)28-27(23-13-7-3-8-14-23)32(29(30)33-28)25-15-9-4-10-16-25/h2-20,27-28,30H,1H3/t27-,28+/m0/s1. The molecule has 0 aromatic heterocycles. The molecular formula is C29H25N3S. The van der Waals surface area contributed by atoms with Gasteiger partial charge in [0.05, 0.1) is 22.7 Å². The molecule has 2 atom stereocenters. The molecule has 0 bridgehead atoms. The third kappa shape index (κ3) is 4.48. The fraction of sp³-hybridized carbons (Fsp3) is 0.103. The Morgan fingerprint density at radius 2 is 1.33 bits per heavy atom. The van der Waals surface area contributed by atoms with Crippen LogP contribution in [0.25, 0.3) is 0 Å². The Bertz CT molecular complexity index is 1250. The van der Waals surface area contributed by atoms with E-state index in [-0.39, 0.29) is 11.3 Å². The normalized spacial score (nSPS) is 18.5. The van der Waals surface area contributed by atoms with Crippen molar-refractivity contribution in [3.8, 4) is 0 Å². The Balaban J connectivity index is 1.67. The summed E-state index contributed by atoms with van der Waals surface area (Å²) in [6, 6.07) is 39.4. The summed E-state index contributed by atoms with van der Waals surface area (Å²) in [5.74, 6) is 0. The van der Waals surface area contributed by atoms with Crippen LogP contribution >= 0.6 is 11.8 Å². The molecule has 4 aromatic carbocycles. The Labute approximate surface area is 199 Å². The first-order chi connectivity index (χ1) is 16.2. The maximum absolute atomic E-state index is 8.95. The molecule has 3 nitrogen and oxygen atoms in total. The first-order valence-corrected chi connectivity index (χ1v) is 11.9. The van der Waals surface area contributed by atoms with Crippen molar-refractivity contribution in [2.24, 2.45) is 4.99 Å². The number of benzene rings is 4. The van der Waals surface area contributed by atoms with E-state index in [9.17, 15) is 0 Å². The highest BCUT2D eigenvalue weighted by atomic mass is 32.2. The molecule has 5 rings (SSSR count). The predicted octanol–water partition coefficient (Wildman–Crippen LogP) is 7.41. The smallest absolute Gasteiger partial charge is 0.162 e. The summed E-state index contributed by atoms with van der Waals surface area (Å²) < 4.78 is 0. The van der Waals surface area contributed by atoms with Crippen molar-refractivity contribution in [2.75, 3.05) is 4.90 Å². The Kier molecular flexibility index (Phi) is 6.09. The van der Waals surface area contributed by atoms with Crippen molar-refractivity contribution in [1.82, 2.24) is 0 Å². The van der Waals surface area contributed by atoms with E-state index in [1.54, 1.807) is 11.8 Å². The van der Waals surface area contributed by atoms with Crippen molar-refractivity contribution in [2.45, 2.75) is 18.2 Å². The summed E-state index contributed by atoms with van der Waals surface area (Å²) in [4.78, 5) is 7.30. The van der Waals surface area contributed by atoms with Crippen LogP contribution in [0.4, 0.5) is 11.4 Å². The van der Waals surface area contributed by atoms with Crippen LogP contribution < -0.4 is 4.90 Å². The maximum Gasteiger partial charge on any atom is 0.162 e. The predicted molar refractivity (Wildman–Crippen MR) is 141 cm³/mol. The van der Waals surface area contributed by atoms with Crippen LogP contribution in [0.2, 0.25) is 0 Å². The van der Waals surface area contributed by atoms with Gasteiger partial charge in [0.15, 0.2) is 5.17 Å². The number of aryl methyl sites for hydroxylation is 1. The molecule has 0 spiro atoms. The van der Waals surface area contributed by atoms with E-state index in [0.717, 1.165) is 22.6 Å². The van der Waals surface area contributed by atoms with Gasteiger partial charge in [-0.15, -0.1) is 0 Å². The second kappa shape index (κ2) is 9.47. The average molecular weight is 448 g/mol. The van der Waals surface area contributed by atoms with Gasteiger partial charge in [0.2, 0.25) is 0 Å². The fourth-order valence-corrected chi connectivity index (χ4v) is 5.49. The van der Waals surface area contributed by atoms with Gasteiger partial charge >= 0.3 is 0 Å². The van der Waals surface area contributed by atoms with Gasteiger partial charge in [-0.05, 0) is 42.3 Å². The first kappa shape index (κ1) is 21.2. The minimum Gasteiger partial charge on any atom is -0.312 e. The molecule has 1 fully saturated rings. The zero-order valence-electron chi connectivity index (χ0n) is 18.4. The van der Waals surface area contributed by atoms with Gasteiger partial charge in [-0.2, -0.15) is 0 Å². The number of aliphatic imine (C=N–C) groups is 1. The van der Waals surface area contributed by atoms with Crippen molar-refractivity contribution in [3.05, 3.63) is 132 Å². The van der Waals surface area contributed by atoms with Crippen LogP contribution in [0.1, 0.15) is 22.7 Å². The molecule has 1 heterocycles. The van der Waals surface area contributed by atoms with Crippen LogP contribution in [-0.2, 0) is 0 Å². The largest absolute Gasteiger partial charge is 0.312 e. The third-order valence-electron chi connectivity index (χ3n) is 5.82. The molecular weight excluding hydrogens is 422 g/mol. The van der Waals surface area contributed by atoms with Crippen LogP contribution in [0.3, 0.4) is 0 Å². The molecule has 33 heavy (non-hydrogen) atoms. The number of rotatable bonds is 5. The number of para-hydroxylation sites is 1. The summed E-state index contributed by atoms with van der Waals surface area (Å²) >= 11 is 1.58. The van der Waals surface area contributed by atoms with Gasteiger partial charge in [-0.25, -0.2) is 0 Å². The molecule has 0 aliphatic carbocycles. The van der Waals surface area contributed by atoms with Crippen molar-refractivity contribution >= 4 is 34.0 Å². The lowest BCUT2D eigenvalue weighted by Gasteiger charge is -2.29. The number of nitrogens with one attached hydrogen (secondary N) is 1. The van der Waals surface area contributed by atoms with Crippen molar-refractivity contribution in [1.29, 1.82) is 5.41 Å². The molecule has 4 heteroatoms. The van der Waals surface area contributed by atoms with E-state index in [0.29, 0.717) is 5.17 Å². The lowest BCUT2D eigenvalue weighted by atomic mass is 9.95. The molecule has 0 radical (unpaired) electrons. The molecule has 0 amide bonds. The van der Waals surface area contributed by atoms with Gasteiger partial charge in [-0.3, -0.25) is 10.4 Å². The van der Waals surface area contributed by atoms with E-state index in [2.05, 4.69) is 96.8 Å². The van der Waals surface area contributed by atoms with Gasteiger partial charge in [0.1, 0.15) is 0 Å². The summed E-state index contributed by atoms with van der Waals surface area (Å²) in [5, 5.41) is 9.45. The number of hydrogen-bond acceptors (Lipinski definition) is 3. The fourth-order valence-electron chi connectivity index (χ4n) is 4.21. The van der Waals surface area contributed by atoms with E-state index in [4.69, 9.17) is 10.4 Å². The minimum absolute atomic E-state index is 0.0381. The molecule has 1 aliphatic heterocycles. The van der Waals surface area contributed by atoms with Crippen LogP contribution in [0.15, 0.2) is 120 Å². The summed E-state index contributed by atoms with van der Waals surface area (Å²) in [6.07, 6.45) is 0. The second-order valence-corrected chi connectivity index (χ2v) is 9.23. The number of amidine groups is 1. The Hall–Kier alpha value is -3.63. The van der Waals surface area contributed by atoms with Crippen molar-refractivity contribution < 1.29 is 0 Å². The van der Waals surface area contributed by atoms with Crippen LogP contribution in [0, 0.1) is 12.3 Å². The highest BCUT2D eigenvalue weighted by molar-refractivity contribution is 8.15. The van der Waals surface area contributed by atoms with Crippen molar-refractivity contribution in [3.63, 3.8) is 0 Å². The van der Waals surface area contributed by atoms with Gasteiger partial charge < -0.3 is 4.90 Å². The zero-order chi connectivity index (χ0) is 22.6. The SMILES string of the molecule is Cc1ccc(N=C(c2ccccc2)[C@H]2SC(=N)N(c3ccccc3)[C@H]2c2ccccc2)cc1.